The Balaban J connectivity index is 1.38. The summed E-state index contributed by atoms with van der Waals surface area (Å²) >= 11 is 0. The Morgan fingerprint density at radius 2 is 1.88 bits per heavy atom. The molecule has 32 heavy (non-hydrogen) atoms. The van der Waals surface area contributed by atoms with Gasteiger partial charge in [0.25, 0.3) is 0 Å². The van der Waals surface area contributed by atoms with E-state index in [0.717, 1.165) is 43.2 Å². The number of nitrogens with zero attached hydrogens (tertiary/aromatic N) is 3. The van der Waals surface area contributed by atoms with Crippen molar-refractivity contribution in [2.24, 2.45) is 11.8 Å². The second-order valence-electron chi connectivity index (χ2n) is 8.87. The summed E-state index contributed by atoms with van der Waals surface area (Å²) in [6.45, 7) is 2.34. The molecule has 2 aromatic carbocycles. The molecule has 2 aromatic rings. The highest BCUT2D eigenvalue weighted by Crippen LogP contribution is 2.37. The van der Waals surface area contributed by atoms with E-state index in [-0.39, 0.29) is 23.4 Å². The predicted octanol–water partition coefficient (Wildman–Crippen LogP) is 5.13. The van der Waals surface area contributed by atoms with Gasteiger partial charge in [0.05, 0.1) is 35.9 Å². The summed E-state index contributed by atoms with van der Waals surface area (Å²) in [7, 11) is 0. The molecule has 0 aromatic heterocycles. The maximum Gasteiger partial charge on any atom is 0.249 e. The van der Waals surface area contributed by atoms with Crippen LogP contribution in [-0.4, -0.2) is 17.6 Å². The average Bonchev–Trinajstić information content (AvgIpc) is 3.30. The van der Waals surface area contributed by atoms with Gasteiger partial charge in [-0.05, 0) is 85.9 Å². The van der Waals surface area contributed by atoms with Crippen LogP contribution in [0.2, 0.25) is 0 Å². The topological polar surface area (TPSA) is 77.1 Å². The number of aryl methyl sites for hydroxylation is 1. The van der Waals surface area contributed by atoms with Crippen LogP contribution in [0, 0.1) is 47.2 Å². The molecule has 1 saturated carbocycles. The van der Waals surface area contributed by atoms with Gasteiger partial charge in [-0.25, -0.2) is 9.45 Å². The number of nitriles is 2. The Hall–Kier alpha value is -3.22. The molecule has 4 rings (SSSR count). The number of carbonyl (C=O) groups excluding carboxylic acids is 1. The summed E-state index contributed by atoms with van der Waals surface area (Å²) in [6, 6.07) is 14.1. The van der Waals surface area contributed by atoms with E-state index >= 15 is 0 Å². The van der Waals surface area contributed by atoms with Gasteiger partial charge >= 0.3 is 0 Å². The maximum atomic E-state index is 13.9. The highest BCUT2D eigenvalue weighted by molar-refractivity contribution is 5.78. The first kappa shape index (κ1) is 22.0. The Morgan fingerprint density at radius 1 is 1.09 bits per heavy atom. The zero-order valence-electron chi connectivity index (χ0n) is 18.2. The fraction of sp³-hybridized carbons (Fsp3) is 0.423. The number of benzene rings is 2. The van der Waals surface area contributed by atoms with Gasteiger partial charge in [0.15, 0.2) is 0 Å². The number of hydrogen-bond donors (Lipinski definition) is 0. The van der Waals surface area contributed by atoms with Crippen molar-refractivity contribution >= 4 is 5.91 Å². The number of rotatable bonds is 4. The lowest BCUT2D eigenvalue weighted by molar-refractivity contribution is -0.183. The fourth-order valence-electron chi connectivity index (χ4n) is 4.90. The standard InChI is InChI=1S/C26H26FN3O2/c1-17-2-3-19(11-23(17)16-29)10-18-4-6-21(7-5-18)26(31)30-25(8-9-32-30)22-12-20(15-28)13-24(27)14-22/h2-3,11-14,18,21,25H,4-10H2,1H3/t18?,21?,25-/m0/s1. The highest BCUT2D eigenvalue weighted by atomic mass is 19.1. The van der Waals surface area contributed by atoms with E-state index in [9.17, 15) is 14.4 Å². The summed E-state index contributed by atoms with van der Waals surface area (Å²) in [5.41, 5.74) is 3.74. The van der Waals surface area contributed by atoms with Gasteiger partial charge in [0.1, 0.15) is 5.82 Å². The second-order valence-corrected chi connectivity index (χ2v) is 8.87. The molecule has 1 aliphatic carbocycles. The van der Waals surface area contributed by atoms with Crippen LogP contribution in [0.1, 0.15) is 66.0 Å². The van der Waals surface area contributed by atoms with Gasteiger partial charge < -0.3 is 0 Å². The zero-order valence-corrected chi connectivity index (χ0v) is 18.2. The molecular formula is C26H26FN3O2. The van der Waals surface area contributed by atoms with E-state index < -0.39 is 5.82 Å². The summed E-state index contributed by atoms with van der Waals surface area (Å²) in [6.07, 6.45) is 4.98. The van der Waals surface area contributed by atoms with Crippen LogP contribution in [0.25, 0.3) is 0 Å². The average molecular weight is 432 g/mol. The molecule has 1 heterocycles. The van der Waals surface area contributed by atoms with Crippen LogP contribution in [0.5, 0.6) is 0 Å². The lowest BCUT2D eigenvalue weighted by Crippen LogP contribution is -2.36. The molecule has 0 N–H and O–H groups in total. The quantitative estimate of drug-likeness (QED) is 0.672. The SMILES string of the molecule is Cc1ccc(CC2CCC(C(=O)N3OCC[C@H]3c3cc(F)cc(C#N)c3)CC2)cc1C#N. The van der Waals surface area contributed by atoms with Crippen molar-refractivity contribution in [1.29, 1.82) is 10.5 Å². The van der Waals surface area contributed by atoms with Crippen LogP contribution in [0.4, 0.5) is 4.39 Å². The molecule has 0 spiro atoms. The Labute approximate surface area is 188 Å². The lowest BCUT2D eigenvalue weighted by atomic mass is 9.78. The summed E-state index contributed by atoms with van der Waals surface area (Å²) in [5.74, 6) is -0.140. The van der Waals surface area contributed by atoms with Crippen LogP contribution in [0.3, 0.4) is 0 Å². The van der Waals surface area contributed by atoms with Gasteiger partial charge in [-0.2, -0.15) is 10.5 Å². The number of amides is 1. The van der Waals surface area contributed by atoms with E-state index in [0.29, 0.717) is 24.5 Å². The molecule has 1 aliphatic heterocycles. The van der Waals surface area contributed by atoms with Crippen molar-refractivity contribution < 1.29 is 14.0 Å². The first-order chi connectivity index (χ1) is 15.5. The number of carbonyl (C=O) groups is 1. The van der Waals surface area contributed by atoms with Gasteiger partial charge in [0, 0.05) is 12.3 Å². The lowest BCUT2D eigenvalue weighted by Gasteiger charge is -2.32. The third-order valence-corrected chi connectivity index (χ3v) is 6.70. The van der Waals surface area contributed by atoms with Gasteiger partial charge in [-0.1, -0.05) is 12.1 Å². The van der Waals surface area contributed by atoms with Crippen molar-refractivity contribution in [3.63, 3.8) is 0 Å². The van der Waals surface area contributed by atoms with Crippen molar-refractivity contribution in [2.75, 3.05) is 6.61 Å². The Bertz CT molecular complexity index is 1090. The molecule has 6 heteroatoms. The summed E-state index contributed by atoms with van der Waals surface area (Å²) in [5, 5.41) is 19.8. The van der Waals surface area contributed by atoms with Gasteiger partial charge in [-0.15, -0.1) is 0 Å². The summed E-state index contributed by atoms with van der Waals surface area (Å²) < 4.78 is 13.9. The summed E-state index contributed by atoms with van der Waals surface area (Å²) in [4.78, 5) is 18.9. The third-order valence-electron chi connectivity index (χ3n) is 6.70. The normalized spacial score (nSPS) is 22.9. The van der Waals surface area contributed by atoms with Crippen LogP contribution >= 0.6 is 0 Å². The Kier molecular flexibility index (Phi) is 6.53. The molecule has 1 saturated heterocycles. The minimum absolute atomic E-state index is 0.0455. The van der Waals surface area contributed by atoms with E-state index in [1.54, 1.807) is 6.07 Å². The fourth-order valence-corrected chi connectivity index (χ4v) is 4.90. The highest BCUT2D eigenvalue weighted by Gasteiger charge is 2.37. The molecule has 1 atom stereocenters. The number of hydroxylamine groups is 2. The molecular weight excluding hydrogens is 405 g/mol. The zero-order chi connectivity index (χ0) is 22.7. The van der Waals surface area contributed by atoms with Gasteiger partial charge in [0.2, 0.25) is 5.91 Å². The maximum absolute atomic E-state index is 13.9. The molecule has 5 nitrogen and oxygen atoms in total. The molecule has 0 radical (unpaired) electrons. The minimum atomic E-state index is -0.477. The first-order valence-corrected chi connectivity index (χ1v) is 11.1. The third kappa shape index (κ3) is 4.66. The predicted molar refractivity (Wildman–Crippen MR) is 116 cm³/mol. The van der Waals surface area contributed by atoms with Crippen molar-refractivity contribution in [2.45, 2.75) is 51.5 Å². The molecule has 1 amide bonds. The Morgan fingerprint density at radius 3 is 2.59 bits per heavy atom. The molecule has 0 bridgehead atoms. The van der Waals surface area contributed by atoms with Crippen molar-refractivity contribution in [3.05, 3.63) is 70.0 Å². The molecule has 2 aliphatic rings. The van der Waals surface area contributed by atoms with E-state index in [4.69, 9.17) is 10.1 Å². The second kappa shape index (κ2) is 9.51. The van der Waals surface area contributed by atoms with Crippen LogP contribution in [0.15, 0.2) is 36.4 Å². The van der Waals surface area contributed by atoms with E-state index in [1.165, 1.54) is 22.8 Å². The van der Waals surface area contributed by atoms with Crippen LogP contribution in [-0.2, 0) is 16.1 Å². The molecule has 164 valence electrons. The number of halogens is 1. The minimum Gasteiger partial charge on any atom is -0.272 e. The van der Waals surface area contributed by atoms with E-state index in [1.807, 2.05) is 25.1 Å². The van der Waals surface area contributed by atoms with Crippen LogP contribution < -0.4 is 0 Å². The first-order valence-electron chi connectivity index (χ1n) is 11.1. The van der Waals surface area contributed by atoms with E-state index in [2.05, 4.69) is 12.1 Å². The van der Waals surface area contributed by atoms with Gasteiger partial charge in [-0.3, -0.25) is 9.63 Å². The molecule has 2 fully saturated rings. The van der Waals surface area contributed by atoms with Crippen molar-refractivity contribution in [1.82, 2.24) is 5.06 Å². The monoisotopic (exact) mass is 431 g/mol. The smallest absolute Gasteiger partial charge is 0.249 e. The number of hydrogen-bond acceptors (Lipinski definition) is 4. The largest absolute Gasteiger partial charge is 0.272 e. The molecule has 0 unspecified atom stereocenters. The van der Waals surface area contributed by atoms with Crippen molar-refractivity contribution in [3.8, 4) is 12.1 Å².